The average Bonchev–Trinajstić information content (AvgIpc) is 2.32. The van der Waals surface area contributed by atoms with Gasteiger partial charge in [0.25, 0.3) is 0 Å². The summed E-state index contributed by atoms with van der Waals surface area (Å²) in [7, 11) is 0. The Hall–Kier alpha value is -1.08. The van der Waals surface area contributed by atoms with Crippen molar-refractivity contribution in [2.24, 2.45) is 5.41 Å². The van der Waals surface area contributed by atoms with Crippen LogP contribution in [0, 0.1) is 5.41 Å². The Bertz CT molecular complexity index is 392. The predicted octanol–water partition coefficient (Wildman–Crippen LogP) is 3.87. The van der Waals surface area contributed by atoms with E-state index in [0.717, 1.165) is 13.0 Å². The number of rotatable bonds is 4. The van der Waals surface area contributed by atoms with Gasteiger partial charge in [0.05, 0.1) is 0 Å². The van der Waals surface area contributed by atoms with E-state index >= 15 is 0 Å². The summed E-state index contributed by atoms with van der Waals surface area (Å²) in [6, 6.07) is 9.34. The maximum Gasteiger partial charge on any atom is 0.0374 e. The molecule has 0 heterocycles. The van der Waals surface area contributed by atoms with Gasteiger partial charge in [0.2, 0.25) is 0 Å². The topological polar surface area (TPSA) is 12.0 Å². The Balaban J connectivity index is 2.22. The molecular weight excluding hydrogens is 206 g/mol. The third kappa shape index (κ3) is 2.61. The first kappa shape index (κ1) is 12.4. The van der Waals surface area contributed by atoms with E-state index in [0.29, 0.717) is 11.5 Å². The summed E-state index contributed by atoms with van der Waals surface area (Å²) < 4.78 is 0. The molecule has 0 spiro atoms. The molecule has 0 amide bonds. The third-order valence-corrected chi connectivity index (χ3v) is 3.88. The van der Waals surface area contributed by atoms with Crippen LogP contribution in [-0.4, -0.2) is 6.54 Å². The van der Waals surface area contributed by atoms with Crippen molar-refractivity contribution in [3.8, 4) is 0 Å². The zero-order valence-electron chi connectivity index (χ0n) is 11.0. The van der Waals surface area contributed by atoms with E-state index in [-0.39, 0.29) is 0 Å². The first-order valence-electron chi connectivity index (χ1n) is 6.57. The Morgan fingerprint density at radius 2 is 2.18 bits per heavy atom. The van der Waals surface area contributed by atoms with Crippen LogP contribution in [0.1, 0.15) is 43.9 Å². The molecule has 0 bridgehead atoms. The monoisotopic (exact) mass is 229 g/mol. The van der Waals surface area contributed by atoms with Crippen LogP contribution in [0.15, 0.2) is 36.9 Å². The van der Waals surface area contributed by atoms with Gasteiger partial charge >= 0.3 is 0 Å². The molecule has 1 heteroatoms. The first-order chi connectivity index (χ1) is 8.15. The Morgan fingerprint density at radius 3 is 2.94 bits per heavy atom. The fraction of sp³-hybridized carbons (Fsp3) is 0.500. The summed E-state index contributed by atoms with van der Waals surface area (Å²) in [5.74, 6) is 0. The lowest BCUT2D eigenvalue weighted by atomic mass is 9.70. The summed E-state index contributed by atoms with van der Waals surface area (Å²) >= 11 is 0. The molecule has 1 N–H and O–H groups in total. The fourth-order valence-electron chi connectivity index (χ4n) is 2.78. The molecule has 1 aromatic rings. The molecule has 1 nitrogen and oxygen atoms in total. The highest BCUT2D eigenvalue weighted by molar-refractivity contribution is 5.34. The number of aryl methyl sites for hydroxylation is 1. The van der Waals surface area contributed by atoms with Crippen molar-refractivity contribution in [1.82, 2.24) is 5.32 Å². The Morgan fingerprint density at radius 1 is 1.41 bits per heavy atom. The van der Waals surface area contributed by atoms with Gasteiger partial charge < -0.3 is 5.32 Å². The van der Waals surface area contributed by atoms with Gasteiger partial charge in [0.1, 0.15) is 0 Å². The minimum Gasteiger partial charge on any atom is -0.309 e. The third-order valence-electron chi connectivity index (χ3n) is 3.88. The van der Waals surface area contributed by atoms with Crippen molar-refractivity contribution < 1.29 is 0 Å². The van der Waals surface area contributed by atoms with Gasteiger partial charge in [-0.1, -0.05) is 44.2 Å². The predicted molar refractivity (Wildman–Crippen MR) is 74.1 cm³/mol. The van der Waals surface area contributed by atoms with Crippen LogP contribution in [-0.2, 0) is 6.42 Å². The van der Waals surface area contributed by atoms with E-state index in [1.807, 2.05) is 6.08 Å². The second kappa shape index (κ2) is 5.05. The van der Waals surface area contributed by atoms with E-state index in [4.69, 9.17) is 0 Å². The highest BCUT2D eigenvalue weighted by Gasteiger charge is 2.34. The molecule has 0 saturated heterocycles. The fourth-order valence-corrected chi connectivity index (χ4v) is 2.78. The van der Waals surface area contributed by atoms with E-state index in [9.17, 15) is 0 Å². The minimum atomic E-state index is 0.343. The summed E-state index contributed by atoms with van der Waals surface area (Å²) in [6.07, 6.45) is 5.49. The normalized spacial score (nSPS) is 21.9. The van der Waals surface area contributed by atoms with Gasteiger partial charge in [-0.05, 0) is 42.3 Å². The molecule has 17 heavy (non-hydrogen) atoms. The standard InChI is InChI=1S/C16H23N/c1-4-5-12-17-15-14-9-7-6-8-13(14)10-11-16(15,2)3/h4,6-9,15,17H,1,5,10-12H2,2-3H3. The summed E-state index contributed by atoms with van der Waals surface area (Å²) in [4.78, 5) is 0. The maximum atomic E-state index is 3.78. The highest BCUT2D eigenvalue weighted by atomic mass is 14.9. The zero-order chi connectivity index (χ0) is 12.3. The number of hydrogen-bond donors (Lipinski definition) is 1. The van der Waals surface area contributed by atoms with Crippen molar-refractivity contribution in [2.45, 2.75) is 39.2 Å². The van der Waals surface area contributed by atoms with Crippen LogP contribution in [0.4, 0.5) is 0 Å². The largest absolute Gasteiger partial charge is 0.309 e. The van der Waals surface area contributed by atoms with Crippen LogP contribution in [0.5, 0.6) is 0 Å². The zero-order valence-corrected chi connectivity index (χ0v) is 11.0. The molecule has 1 aliphatic rings. The molecule has 0 radical (unpaired) electrons. The van der Waals surface area contributed by atoms with Gasteiger partial charge in [-0.25, -0.2) is 0 Å². The van der Waals surface area contributed by atoms with Gasteiger partial charge in [-0.15, -0.1) is 6.58 Å². The van der Waals surface area contributed by atoms with Crippen LogP contribution >= 0.6 is 0 Å². The van der Waals surface area contributed by atoms with Gasteiger partial charge in [-0.2, -0.15) is 0 Å². The number of fused-ring (bicyclic) bond motifs is 1. The highest BCUT2D eigenvalue weighted by Crippen LogP contribution is 2.43. The Labute approximate surface area is 105 Å². The van der Waals surface area contributed by atoms with Gasteiger partial charge in [0, 0.05) is 6.04 Å². The lowest BCUT2D eigenvalue weighted by molar-refractivity contribution is 0.210. The summed E-state index contributed by atoms with van der Waals surface area (Å²) in [6.45, 7) is 9.54. The molecular formula is C16H23N. The molecule has 0 aliphatic heterocycles. The lowest BCUT2D eigenvalue weighted by Crippen LogP contribution is -2.38. The molecule has 0 saturated carbocycles. The van der Waals surface area contributed by atoms with Gasteiger partial charge in [0.15, 0.2) is 0 Å². The van der Waals surface area contributed by atoms with E-state index in [2.05, 4.69) is 50.0 Å². The molecule has 1 aliphatic carbocycles. The second-order valence-electron chi connectivity index (χ2n) is 5.65. The SMILES string of the molecule is C=CCCNC1c2ccccc2CCC1(C)C. The number of benzene rings is 1. The van der Waals surface area contributed by atoms with Gasteiger partial charge in [-0.3, -0.25) is 0 Å². The number of hydrogen-bond acceptors (Lipinski definition) is 1. The van der Waals surface area contributed by atoms with Crippen LogP contribution in [0.2, 0.25) is 0 Å². The molecule has 1 aromatic carbocycles. The Kier molecular flexibility index (Phi) is 3.68. The molecule has 0 aromatic heterocycles. The van der Waals surface area contributed by atoms with Crippen molar-refractivity contribution in [3.63, 3.8) is 0 Å². The quantitative estimate of drug-likeness (QED) is 0.610. The molecule has 0 fully saturated rings. The molecule has 2 rings (SSSR count). The smallest absolute Gasteiger partial charge is 0.0374 e. The van der Waals surface area contributed by atoms with Crippen molar-refractivity contribution in [2.75, 3.05) is 6.54 Å². The van der Waals surface area contributed by atoms with Crippen molar-refractivity contribution >= 4 is 0 Å². The van der Waals surface area contributed by atoms with E-state index in [1.54, 1.807) is 0 Å². The van der Waals surface area contributed by atoms with Crippen LogP contribution in [0.25, 0.3) is 0 Å². The van der Waals surface area contributed by atoms with Crippen LogP contribution < -0.4 is 5.32 Å². The van der Waals surface area contributed by atoms with Crippen molar-refractivity contribution in [3.05, 3.63) is 48.0 Å². The van der Waals surface area contributed by atoms with E-state index < -0.39 is 0 Å². The molecule has 1 atom stereocenters. The van der Waals surface area contributed by atoms with Crippen molar-refractivity contribution in [1.29, 1.82) is 0 Å². The second-order valence-corrected chi connectivity index (χ2v) is 5.65. The first-order valence-corrected chi connectivity index (χ1v) is 6.57. The summed E-state index contributed by atoms with van der Waals surface area (Å²) in [5.41, 5.74) is 3.35. The lowest BCUT2D eigenvalue weighted by Gasteiger charge is -2.40. The van der Waals surface area contributed by atoms with Crippen LogP contribution in [0.3, 0.4) is 0 Å². The molecule has 92 valence electrons. The van der Waals surface area contributed by atoms with E-state index in [1.165, 1.54) is 24.0 Å². The minimum absolute atomic E-state index is 0.343. The maximum absolute atomic E-state index is 3.78. The average molecular weight is 229 g/mol. The number of nitrogens with one attached hydrogen (secondary N) is 1. The summed E-state index contributed by atoms with van der Waals surface area (Å²) in [5, 5.41) is 3.70. The molecule has 1 unspecified atom stereocenters.